The third-order valence-electron chi connectivity index (χ3n) is 4.59. The number of hydrogen-bond acceptors (Lipinski definition) is 5. The van der Waals surface area contributed by atoms with Crippen LogP contribution in [0, 0.1) is 5.82 Å². The summed E-state index contributed by atoms with van der Waals surface area (Å²) in [7, 11) is 0. The van der Waals surface area contributed by atoms with Crippen molar-refractivity contribution >= 4 is 11.8 Å². The monoisotopic (exact) mass is 349 g/mol. The summed E-state index contributed by atoms with van der Waals surface area (Å²) in [5.74, 6) is 1.07. The summed E-state index contributed by atoms with van der Waals surface area (Å²) in [6.07, 6.45) is 5.69. The molecule has 0 saturated carbocycles. The van der Waals surface area contributed by atoms with Crippen molar-refractivity contribution in [1.82, 2.24) is 19.9 Å². The third kappa shape index (κ3) is 3.86. The van der Waals surface area contributed by atoms with Gasteiger partial charge in [0.2, 0.25) is 5.95 Å². The molecular weight excluding hydrogens is 329 g/mol. The maximum Gasteiger partial charge on any atom is 0.228 e. The van der Waals surface area contributed by atoms with Crippen LogP contribution in [0.25, 0.3) is 0 Å². The molecule has 26 heavy (non-hydrogen) atoms. The van der Waals surface area contributed by atoms with Gasteiger partial charge in [-0.15, -0.1) is 0 Å². The van der Waals surface area contributed by atoms with Crippen molar-refractivity contribution < 1.29 is 4.39 Å². The van der Waals surface area contributed by atoms with Crippen molar-refractivity contribution in [2.45, 2.75) is 25.4 Å². The van der Waals surface area contributed by atoms with Crippen molar-refractivity contribution in [3.8, 4) is 0 Å². The molecule has 6 heteroatoms. The van der Waals surface area contributed by atoms with E-state index < -0.39 is 0 Å². The number of hydrogen-bond donors (Lipinski definition) is 1. The lowest BCUT2D eigenvalue weighted by Gasteiger charge is -2.24. The van der Waals surface area contributed by atoms with Gasteiger partial charge in [-0.25, -0.2) is 19.3 Å². The van der Waals surface area contributed by atoms with Crippen LogP contribution >= 0.6 is 0 Å². The summed E-state index contributed by atoms with van der Waals surface area (Å²) in [6.45, 7) is 1.80. The highest BCUT2D eigenvalue weighted by Gasteiger charge is 2.27. The van der Waals surface area contributed by atoms with Crippen LogP contribution in [-0.2, 0) is 6.54 Å². The van der Waals surface area contributed by atoms with Crippen LogP contribution in [0.15, 0.2) is 60.9 Å². The van der Waals surface area contributed by atoms with Gasteiger partial charge < -0.3 is 5.32 Å². The molecule has 0 amide bonds. The molecule has 1 aliphatic heterocycles. The Morgan fingerprint density at radius 2 is 1.92 bits per heavy atom. The second-order valence-corrected chi connectivity index (χ2v) is 6.40. The topological polar surface area (TPSA) is 53.9 Å². The molecule has 4 rings (SSSR count). The summed E-state index contributed by atoms with van der Waals surface area (Å²) in [5.41, 5.74) is 2.11. The number of halogens is 1. The molecule has 0 aliphatic carbocycles. The number of benzene rings is 1. The summed E-state index contributed by atoms with van der Waals surface area (Å²) in [6, 6.07) is 14.6. The summed E-state index contributed by atoms with van der Waals surface area (Å²) in [4.78, 5) is 15.6. The fourth-order valence-electron chi connectivity index (χ4n) is 3.34. The maximum absolute atomic E-state index is 13.1. The van der Waals surface area contributed by atoms with Crippen molar-refractivity contribution in [3.63, 3.8) is 0 Å². The number of anilines is 2. The molecule has 5 nitrogen and oxygen atoms in total. The number of aromatic nitrogens is 3. The molecule has 0 bridgehead atoms. The van der Waals surface area contributed by atoms with Gasteiger partial charge in [-0.05, 0) is 55.3 Å². The van der Waals surface area contributed by atoms with E-state index in [1.807, 2.05) is 36.4 Å². The Morgan fingerprint density at radius 1 is 1.04 bits per heavy atom. The quantitative estimate of drug-likeness (QED) is 0.752. The van der Waals surface area contributed by atoms with E-state index in [9.17, 15) is 4.39 Å². The predicted octanol–water partition coefficient (Wildman–Crippen LogP) is 4.09. The van der Waals surface area contributed by atoms with E-state index >= 15 is 0 Å². The molecule has 1 fully saturated rings. The van der Waals surface area contributed by atoms with Crippen LogP contribution in [0.4, 0.5) is 16.2 Å². The molecule has 0 radical (unpaired) electrons. The minimum atomic E-state index is -0.201. The second-order valence-electron chi connectivity index (χ2n) is 6.40. The zero-order valence-corrected chi connectivity index (χ0v) is 14.3. The molecule has 0 unspecified atom stereocenters. The minimum Gasteiger partial charge on any atom is -0.309 e. The Balaban J connectivity index is 1.50. The number of nitrogens with one attached hydrogen (secondary N) is 1. The van der Waals surface area contributed by atoms with Gasteiger partial charge in [-0.3, -0.25) is 4.90 Å². The number of likely N-dealkylation sites (tertiary alicyclic amines) is 1. The highest BCUT2D eigenvalue weighted by molar-refractivity contribution is 5.46. The van der Waals surface area contributed by atoms with Crippen LogP contribution in [0.5, 0.6) is 0 Å². The smallest absolute Gasteiger partial charge is 0.228 e. The van der Waals surface area contributed by atoms with E-state index in [-0.39, 0.29) is 11.9 Å². The molecule has 1 atom stereocenters. The van der Waals surface area contributed by atoms with Crippen molar-refractivity contribution in [1.29, 1.82) is 0 Å². The van der Waals surface area contributed by atoms with E-state index in [4.69, 9.17) is 4.98 Å². The van der Waals surface area contributed by atoms with Crippen LogP contribution in [0.2, 0.25) is 0 Å². The van der Waals surface area contributed by atoms with E-state index in [1.165, 1.54) is 12.1 Å². The molecule has 1 N–H and O–H groups in total. The van der Waals surface area contributed by atoms with Gasteiger partial charge in [0.05, 0.1) is 11.7 Å². The summed E-state index contributed by atoms with van der Waals surface area (Å²) in [5, 5.41) is 3.15. The molecule has 0 spiro atoms. The maximum atomic E-state index is 13.1. The van der Waals surface area contributed by atoms with Gasteiger partial charge in [0.25, 0.3) is 0 Å². The lowest BCUT2D eigenvalue weighted by Crippen LogP contribution is -2.23. The average Bonchev–Trinajstić information content (AvgIpc) is 3.13. The van der Waals surface area contributed by atoms with E-state index in [2.05, 4.69) is 20.2 Å². The van der Waals surface area contributed by atoms with Gasteiger partial charge in [-0.1, -0.05) is 18.2 Å². The van der Waals surface area contributed by atoms with Gasteiger partial charge >= 0.3 is 0 Å². The summed E-state index contributed by atoms with van der Waals surface area (Å²) < 4.78 is 13.1. The number of nitrogens with zero attached hydrogens (tertiary/aromatic N) is 4. The molecule has 1 saturated heterocycles. The fraction of sp³-hybridized carbons (Fsp3) is 0.250. The predicted molar refractivity (Wildman–Crippen MR) is 98.3 cm³/mol. The SMILES string of the molecule is Fc1ccc(CN2CCC[C@@H]2c2ccnc(Nc3ccccn3)n2)cc1. The van der Waals surface area contributed by atoms with Crippen molar-refractivity contribution in [2.75, 3.05) is 11.9 Å². The molecule has 1 aromatic carbocycles. The number of rotatable bonds is 5. The Bertz CT molecular complexity index is 854. The molecular formula is C20H20FN5. The van der Waals surface area contributed by atoms with Crippen molar-refractivity contribution in [3.05, 3.63) is 78.0 Å². The second kappa shape index (κ2) is 7.58. The molecule has 3 heterocycles. The lowest BCUT2D eigenvalue weighted by atomic mass is 10.1. The standard InChI is InChI=1S/C20H20FN5/c21-16-8-6-15(7-9-16)14-26-13-3-4-18(26)17-10-12-23-20(24-17)25-19-5-1-2-11-22-19/h1-2,5-12,18H,3-4,13-14H2,(H,22,23,24,25)/t18-/m1/s1. The number of pyridine rings is 1. The Morgan fingerprint density at radius 3 is 2.73 bits per heavy atom. The van der Waals surface area contributed by atoms with Crippen LogP contribution in [-0.4, -0.2) is 26.4 Å². The van der Waals surface area contributed by atoms with Crippen LogP contribution in [0.3, 0.4) is 0 Å². The van der Waals surface area contributed by atoms with Crippen LogP contribution < -0.4 is 5.32 Å². The Hall–Kier alpha value is -2.86. The van der Waals surface area contributed by atoms with Crippen molar-refractivity contribution in [2.24, 2.45) is 0 Å². The first-order valence-electron chi connectivity index (χ1n) is 8.77. The Kier molecular flexibility index (Phi) is 4.84. The van der Waals surface area contributed by atoms with Crippen LogP contribution in [0.1, 0.15) is 30.1 Å². The molecule has 1 aliphatic rings. The highest BCUT2D eigenvalue weighted by atomic mass is 19.1. The first-order valence-corrected chi connectivity index (χ1v) is 8.77. The minimum absolute atomic E-state index is 0.201. The molecule has 2 aromatic heterocycles. The van der Waals surface area contributed by atoms with Gasteiger partial charge in [0.1, 0.15) is 11.6 Å². The third-order valence-corrected chi connectivity index (χ3v) is 4.59. The molecule has 3 aromatic rings. The van der Waals surface area contributed by atoms with E-state index in [0.29, 0.717) is 5.95 Å². The van der Waals surface area contributed by atoms with Gasteiger partial charge in [-0.2, -0.15) is 0 Å². The van der Waals surface area contributed by atoms with E-state index in [1.54, 1.807) is 12.4 Å². The fourth-order valence-corrected chi connectivity index (χ4v) is 3.34. The lowest BCUT2D eigenvalue weighted by molar-refractivity contribution is 0.244. The zero-order chi connectivity index (χ0) is 17.8. The average molecular weight is 349 g/mol. The first-order chi connectivity index (χ1) is 12.8. The highest BCUT2D eigenvalue weighted by Crippen LogP contribution is 2.32. The van der Waals surface area contributed by atoms with E-state index in [0.717, 1.165) is 43.0 Å². The zero-order valence-electron chi connectivity index (χ0n) is 14.3. The van der Waals surface area contributed by atoms with Gasteiger partial charge in [0.15, 0.2) is 0 Å². The summed E-state index contributed by atoms with van der Waals surface area (Å²) >= 11 is 0. The van der Waals surface area contributed by atoms with Gasteiger partial charge in [0, 0.05) is 18.9 Å². The largest absolute Gasteiger partial charge is 0.309 e. The molecule has 132 valence electrons. The Labute approximate surface area is 151 Å². The first kappa shape index (κ1) is 16.6. The normalized spacial score (nSPS) is 17.3.